The lowest BCUT2D eigenvalue weighted by atomic mass is 9.84. The van der Waals surface area contributed by atoms with Crippen LogP contribution in [0.1, 0.15) is 20.3 Å². The van der Waals surface area contributed by atoms with Gasteiger partial charge in [-0.15, -0.1) is 0 Å². The van der Waals surface area contributed by atoms with Crippen molar-refractivity contribution < 1.29 is 14.6 Å². The molecule has 0 amide bonds. The fourth-order valence-electron chi connectivity index (χ4n) is 1.15. The number of aliphatic hydroxyl groups is 1. The lowest BCUT2D eigenvalue weighted by molar-refractivity contribution is -0.161. The van der Waals surface area contributed by atoms with Crippen LogP contribution in [0.3, 0.4) is 0 Å². The van der Waals surface area contributed by atoms with Crippen molar-refractivity contribution in [2.45, 2.75) is 26.4 Å². The summed E-state index contributed by atoms with van der Waals surface area (Å²) >= 11 is 0. The summed E-state index contributed by atoms with van der Waals surface area (Å²) in [6, 6.07) is 0. The Hall–Kier alpha value is -0.120. The molecule has 1 aliphatic heterocycles. The van der Waals surface area contributed by atoms with Crippen LogP contribution in [0.2, 0.25) is 0 Å². The van der Waals surface area contributed by atoms with Crippen molar-refractivity contribution in [1.82, 2.24) is 0 Å². The summed E-state index contributed by atoms with van der Waals surface area (Å²) < 4.78 is 10.6. The van der Waals surface area contributed by atoms with Crippen LogP contribution in [-0.2, 0) is 9.47 Å². The summed E-state index contributed by atoms with van der Waals surface area (Å²) in [6.07, 6.45) is 1.04. The number of aliphatic hydroxyl groups excluding tert-OH is 1. The van der Waals surface area contributed by atoms with E-state index >= 15 is 0 Å². The summed E-state index contributed by atoms with van der Waals surface area (Å²) in [7, 11) is 0. The zero-order chi connectivity index (χ0) is 9.03. The number of rotatable bonds is 5. The highest BCUT2D eigenvalue weighted by Crippen LogP contribution is 2.31. The second kappa shape index (κ2) is 4.21. The number of ether oxygens (including phenoxy) is 2. The van der Waals surface area contributed by atoms with Crippen molar-refractivity contribution in [3.63, 3.8) is 0 Å². The monoisotopic (exact) mass is 174 g/mol. The van der Waals surface area contributed by atoms with E-state index in [-0.39, 0.29) is 18.1 Å². The van der Waals surface area contributed by atoms with E-state index in [1.54, 1.807) is 0 Å². The molecule has 1 heterocycles. The van der Waals surface area contributed by atoms with Crippen molar-refractivity contribution in [2.75, 3.05) is 26.4 Å². The first-order valence-electron chi connectivity index (χ1n) is 4.52. The molecule has 0 aromatic carbocycles. The van der Waals surface area contributed by atoms with Gasteiger partial charge in [0.15, 0.2) is 0 Å². The van der Waals surface area contributed by atoms with Gasteiger partial charge in [-0.2, -0.15) is 0 Å². The summed E-state index contributed by atoms with van der Waals surface area (Å²) in [4.78, 5) is 0. The van der Waals surface area contributed by atoms with Crippen molar-refractivity contribution in [1.29, 1.82) is 0 Å². The summed E-state index contributed by atoms with van der Waals surface area (Å²) in [5.74, 6) is 0. The van der Waals surface area contributed by atoms with Crippen molar-refractivity contribution in [2.24, 2.45) is 5.41 Å². The van der Waals surface area contributed by atoms with Gasteiger partial charge in [0, 0.05) is 5.41 Å². The standard InChI is InChI=1S/C9H18O3/c1-3-9(5-11-6-9)7-12-8(2)4-10/h8,10H,3-7H2,1-2H3. The van der Waals surface area contributed by atoms with Gasteiger partial charge in [-0.1, -0.05) is 6.92 Å². The minimum Gasteiger partial charge on any atom is -0.394 e. The zero-order valence-electron chi connectivity index (χ0n) is 7.88. The molecule has 72 valence electrons. The van der Waals surface area contributed by atoms with Crippen LogP contribution in [0.5, 0.6) is 0 Å². The smallest absolute Gasteiger partial charge is 0.0778 e. The Bertz CT molecular complexity index is 126. The van der Waals surface area contributed by atoms with Gasteiger partial charge in [-0.05, 0) is 13.3 Å². The minimum absolute atomic E-state index is 0.0472. The summed E-state index contributed by atoms with van der Waals surface area (Å²) in [5, 5.41) is 8.74. The van der Waals surface area contributed by atoms with E-state index in [4.69, 9.17) is 14.6 Å². The Morgan fingerprint density at radius 2 is 2.25 bits per heavy atom. The highest BCUT2D eigenvalue weighted by molar-refractivity contribution is 4.84. The van der Waals surface area contributed by atoms with Crippen LogP contribution < -0.4 is 0 Å². The lowest BCUT2D eigenvalue weighted by Gasteiger charge is -2.40. The van der Waals surface area contributed by atoms with E-state index in [1.165, 1.54) is 0 Å². The third-order valence-corrected chi connectivity index (χ3v) is 2.50. The predicted molar refractivity (Wildman–Crippen MR) is 46.0 cm³/mol. The first-order chi connectivity index (χ1) is 5.72. The van der Waals surface area contributed by atoms with Crippen molar-refractivity contribution >= 4 is 0 Å². The number of hydrogen-bond donors (Lipinski definition) is 1. The van der Waals surface area contributed by atoms with E-state index in [9.17, 15) is 0 Å². The molecule has 1 fully saturated rings. The quantitative estimate of drug-likeness (QED) is 0.670. The van der Waals surface area contributed by atoms with Gasteiger partial charge in [0.1, 0.15) is 0 Å². The SMILES string of the molecule is CCC1(COC(C)CO)COC1. The largest absolute Gasteiger partial charge is 0.394 e. The first kappa shape index (κ1) is 9.96. The van der Waals surface area contributed by atoms with E-state index in [1.807, 2.05) is 6.92 Å². The molecule has 0 saturated carbocycles. The molecule has 3 nitrogen and oxygen atoms in total. The normalized spacial score (nSPS) is 23.2. The molecule has 1 aliphatic rings. The van der Waals surface area contributed by atoms with Gasteiger partial charge in [0.05, 0.1) is 32.5 Å². The van der Waals surface area contributed by atoms with Crippen molar-refractivity contribution in [3.05, 3.63) is 0 Å². The van der Waals surface area contributed by atoms with Crippen LogP contribution in [0, 0.1) is 5.41 Å². The maximum atomic E-state index is 8.74. The Morgan fingerprint density at radius 1 is 1.58 bits per heavy atom. The fourth-order valence-corrected chi connectivity index (χ4v) is 1.15. The van der Waals surface area contributed by atoms with E-state index in [0.29, 0.717) is 6.61 Å². The highest BCUT2D eigenvalue weighted by atomic mass is 16.5. The molecule has 0 aliphatic carbocycles. The molecule has 0 aromatic rings. The Labute approximate surface area is 73.7 Å². The maximum absolute atomic E-state index is 8.74. The molecule has 0 spiro atoms. The Kier molecular flexibility index (Phi) is 3.50. The van der Waals surface area contributed by atoms with Crippen LogP contribution in [0.4, 0.5) is 0 Å². The van der Waals surface area contributed by atoms with Gasteiger partial charge in [0.25, 0.3) is 0 Å². The highest BCUT2D eigenvalue weighted by Gasteiger charge is 2.37. The van der Waals surface area contributed by atoms with Gasteiger partial charge in [0.2, 0.25) is 0 Å². The molecular formula is C9H18O3. The van der Waals surface area contributed by atoms with Crippen LogP contribution >= 0.6 is 0 Å². The molecule has 1 rings (SSSR count). The van der Waals surface area contributed by atoms with Gasteiger partial charge >= 0.3 is 0 Å². The van der Waals surface area contributed by atoms with E-state index in [2.05, 4.69) is 6.92 Å². The molecule has 3 heteroatoms. The first-order valence-corrected chi connectivity index (χ1v) is 4.52. The minimum atomic E-state index is -0.0472. The third kappa shape index (κ3) is 2.19. The Morgan fingerprint density at radius 3 is 2.58 bits per heavy atom. The van der Waals surface area contributed by atoms with Crippen LogP contribution in [0.15, 0.2) is 0 Å². The molecular weight excluding hydrogens is 156 g/mol. The zero-order valence-corrected chi connectivity index (χ0v) is 7.88. The second-order valence-corrected chi connectivity index (χ2v) is 3.65. The molecule has 1 N–H and O–H groups in total. The number of hydrogen-bond acceptors (Lipinski definition) is 3. The van der Waals surface area contributed by atoms with Gasteiger partial charge in [-0.3, -0.25) is 0 Å². The third-order valence-electron chi connectivity index (χ3n) is 2.50. The molecule has 1 atom stereocenters. The topological polar surface area (TPSA) is 38.7 Å². The average Bonchev–Trinajstić information content (AvgIpc) is 2.03. The molecule has 0 bridgehead atoms. The molecule has 0 radical (unpaired) electrons. The average molecular weight is 174 g/mol. The van der Waals surface area contributed by atoms with Gasteiger partial charge in [-0.25, -0.2) is 0 Å². The lowest BCUT2D eigenvalue weighted by Crippen LogP contribution is -2.46. The van der Waals surface area contributed by atoms with E-state index < -0.39 is 0 Å². The fraction of sp³-hybridized carbons (Fsp3) is 1.00. The van der Waals surface area contributed by atoms with Crippen LogP contribution in [-0.4, -0.2) is 37.6 Å². The van der Waals surface area contributed by atoms with Gasteiger partial charge < -0.3 is 14.6 Å². The van der Waals surface area contributed by atoms with E-state index in [0.717, 1.165) is 19.6 Å². The maximum Gasteiger partial charge on any atom is 0.0778 e. The molecule has 1 saturated heterocycles. The second-order valence-electron chi connectivity index (χ2n) is 3.65. The van der Waals surface area contributed by atoms with Crippen LogP contribution in [0.25, 0.3) is 0 Å². The summed E-state index contributed by atoms with van der Waals surface area (Å²) in [6.45, 7) is 6.45. The summed E-state index contributed by atoms with van der Waals surface area (Å²) in [5.41, 5.74) is 0.240. The Balaban J connectivity index is 2.20. The molecule has 0 aromatic heterocycles. The molecule has 1 unspecified atom stereocenters. The predicted octanol–water partition coefficient (Wildman–Crippen LogP) is 0.810. The molecule has 12 heavy (non-hydrogen) atoms. The van der Waals surface area contributed by atoms with Crippen molar-refractivity contribution in [3.8, 4) is 0 Å².